The number of benzene rings is 4. The normalized spacial score (nSPS) is 15.4. The quantitative estimate of drug-likeness (QED) is 0.0333. The maximum Gasteiger partial charge on any atom is 0.339 e. The number of oxime groups is 2. The number of fused-ring (bicyclic) bond motifs is 3. The Kier molecular flexibility index (Phi) is 12.8. The molecule has 0 unspecified atom stereocenters. The van der Waals surface area contributed by atoms with E-state index in [1.807, 2.05) is 49.4 Å². The second-order valence-electron chi connectivity index (χ2n) is 15.6. The number of Topliss-reactive ketones (excluding diaryl/α,β-unsaturated/α-hetero) is 2. The smallest absolute Gasteiger partial charge is 0.332 e. The predicted molar refractivity (Wildman–Crippen MR) is 226 cm³/mol. The van der Waals surface area contributed by atoms with Crippen LogP contribution in [0.2, 0.25) is 0 Å². The van der Waals surface area contributed by atoms with Gasteiger partial charge < -0.3 is 14.2 Å². The minimum absolute atomic E-state index is 0.0117. The molecule has 1 aromatic heterocycles. The van der Waals surface area contributed by atoms with E-state index in [2.05, 4.69) is 14.9 Å². The van der Waals surface area contributed by atoms with Gasteiger partial charge >= 0.3 is 11.9 Å². The van der Waals surface area contributed by atoms with E-state index in [0.717, 1.165) is 73.6 Å². The summed E-state index contributed by atoms with van der Waals surface area (Å²) in [5, 5.41) is 22.2. The van der Waals surface area contributed by atoms with Gasteiger partial charge in [0.25, 0.3) is 5.69 Å². The van der Waals surface area contributed by atoms with Crippen LogP contribution in [0, 0.1) is 16.0 Å². The third-order valence-electron chi connectivity index (χ3n) is 11.4. The second-order valence-corrected chi connectivity index (χ2v) is 15.6. The molecule has 0 spiro atoms. The number of nitro groups is 1. The van der Waals surface area contributed by atoms with Crippen molar-refractivity contribution < 1.29 is 33.8 Å². The topological polar surface area (TPSA) is 160 Å². The number of non-ortho nitro benzene ring substituents is 1. The van der Waals surface area contributed by atoms with Crippen LogP contribution in [0.4, 0.5) is 5.69 Å². The molecule has 0 saturated heterocycles. The van der Waals surface area contributed by atoms with E-state index < -0.39 is 28.4 Å². The van der Waals surface area contributed by atoms with Gasteiger partial charge in [0.1, 0.15) is 16.9 Å². The van der Waals surface area contributed by atoms with E-state index in [-0.39, 0.29) is 53.0 Å². The Balaban J connectivity index is 1.34. The highest BCUT2D eigenvalue weighted by Gasteiger charge is 2.33. The lowest BCUT2D eigenvalue weighted by atomic mass is 9.93. The summed E-state index contributed by atoms with van der Waals surface area (Å²) in [6, 6.07) is 24.6. The standard InChI is InChI=1S/C47H48N4O8/c1-3-15-34-26-35(46(54)30(2)48-58-41(52)24-31-16-7-4-8-17-31)27-38-39-28-36(29-40(51(56)57)45(39)50(44(34)38)37-22-11-6-12-23-37)47(55)43(33-20-13-14-21-33)49-59-42(53)25-32-18-9-5-10-19-32/h4-5,7-10,16-19,26-29,33,37H,3,6,11-15,20-25H2,1-2H3/b48-30+,49-43+. The number of hydrogen-bond donors (Lipinski definition) is 0. The van der Waals surface area contributed by atoms with Crippen molar-refractivity contribution in [2.75, 3.05) is 0 Å². The summed E-state index contributed by atoms with van der Waals surface area (Å²) < 4.78 is 2.08. The molecule has 0 N–H and O–H groups in total. The van der Waals surface area contributed by atoms with Crippen molar-refractivity contribution in [3.63, 3.8) is 0 Å². The summed E-state index contributed by atoms with van der Waals surface area (Å²) >= 11 is 0. The third kappa shape index (κ3) is 9.22. The third-order valence-corrected chi connectivity index (χ3v) is 11.4. The molecule has 0 radical (unpaired) electrons. The van der Waals surface area contributed by atoms with E-state index in [9.17, 15) is 29.3 Å². The van der Waals surface area contributed by atoms with Crippen LogP contribution in [-0.4, -0.2) is 44.4 Å². The van der Waals surface area contributed by atoms with Gasteiger partial charge in [0.2, 0.25) is 11.6 Å². The zero-order valence-corrected chi connectivity index (χ0v) is 33.5. The number of carbonyl (C=O) groups is 4. The van der Waals surface area contributed by atoms with Crippen LogP contribution in [0.5, 0.6) is 0 Å². The molecule has 0 aliphatic heterocycles. The number of carbonyl (C=O) groups excluding carboxylic acids is 4. The van der Waals surface area contributed by atoms with Gasteiger partial charge in [-0.25, -0.2) is 9.59 Å². The minimum Gasteiger partial charge on any atom is -0.332 e. The van der Waals surface area contributed by atoms with Gasteiger partial charge in [-0.1, -0.05) is 116 Å². The second kappa shape index (κ2) is 18.5. The van der Waals surface area contributed by atoms with Crippen molar-refractivity contribution >= 4 is 62.4 Å². The molecule has 4 aromatic carbocycles. The maximum atomic E-state index is 14.6. The first-order valence-electron chi connectivity index (χ1n) is 20.6. The Bertz CT molecular complexity index is 2460. The average Bonchev–Trinajstić information content (AvgIpc) is 3.90. The van der Waals surface area contributed by atoms with Crippen molar-refractivity contribution in [2.45, 2.75) is 103 Å². The number of rotatable bonds is 15. The predicted octanol–water partition coefficient (Wildman–Crippen LogP) is 10.0. The van der Waals surface area contributed by atoms with Crippen LogP contribution in [-0.2, 0) is 38.5 Å². The molecule has 7 rings (SSSR count). The van der Waals surface area contributed by atoms with E-state index in [1.165, 1.54) is 13.0 Å². The fraction of sp³-hybridized carbons (Fsp3) is 0.362. The largest absolute Gasteiger partial charge is 0.339 e. The van der Waals surface area contributed by atoms with Gasteiger partial charge in [0, 0.05) is 39.9 Å². The van der Waals surface area contributed by atoms with E-state index in [0.29, 0.717) is 35.6 Å². The Morgan fingerprint density at radius 3 is 1.83 bits per heavy atom. The zero-order valence-electron chi connectivity index (χ0n) is 33.5. The van der Waals surface area contributed by atoms with Crippen LogP contribution >= 0.6 is 0 Å². The van der Waals surface area contributed by atoms with Crippen LogP contribution in [0.3, 0.4) is 0 Å². The highest BCUT2D eigenvalue weighted by molar-refractivity contribution is 6.47. The summed E-state index contributed by atoms with van der Waals surface area (Å²) in [6.07, 6.45) is 9.02. The highest BCUT2D eigenvalue weighted by Crippen LogP contribution is 2.44. The van der Waals surface area contributed by atoms with Crippen molar-refractivity contribution in [2.24, 2.45) is 16.2 Å². The van der Waals surface area contributed by atoms with Crippen molar-refractivity contribution in [1.82, 2.24) is 4.57 Å². The Hall–Kier alpha value is -6.30. The summed E-state index contributed by atoms with van der Waals surface area (Å²) in [5.41, 5.74) is 3.64. The number of hydrogen-bond acceptors (Lipinski definition) is 10. The van der Waals surface area contributed by atoms with Gasteiger partial charge in [-0.2, -0.15) is 0 Å². The molecular weight excluding hydrogens is 749 g/mol. The zero-order chi connectivity index (χ0) is 41.5. The molecule has 59 heavy (non-hydrogen) atoms. The molecule has 5 aromatic rings. The maximum absolute atomic E-state index is 14.6. The molecule has 2 saturated carbocycles. The van der Waals surface area contributed by atoms with Gasteiger partial charge in [-0.15, -0.1) is 0 Å². The summed E-state index contributed by atoms with van der Waals surface area (Å²) in [5.74, 6) is -2.53. The van der Waals surface area contributed by atoms with Crippen LogP contribution in [0.1, 0.15) is 122 Å². The fourth-order valence-electron chi connectivity index (χ4n) is 8.65. The van der Waals surface area contributed by atoms with Crippen molar-refractivity contribution in [3.8, 4) is 0 Å². The summed E-state index contributed by atoms with van der Waals surface area (Å²) in [4.78, 5) is 77.3. The molecule has 2 fully saturated rings. The average molecular weight is 797 g/mol. The molecule has 304 valence electrons. The number of ketones is 2. The first kappa shape index (κ1) is 40.9. The van der Waals surface area contributed by atoms with Gasteiger partial charge in [-0.3, -0.25) is 19.7 Å². The molecule has 12 heteroatoms. The number of nitrogens with zero attached hydrogens (tertiary/aromatic N) is 4. The van der Waals surface area contributed by atoms with Crippen LogP contribution < -0.4 is 0 Å². The molecule has 0 bridgehead atoms. The lowest BCUT2D eigenvalue weighted by Crippen LogP contribution is -2.24. The monoisotopic (exact) mass is 796 g/mol. The van der Waals surface area contributed by atoms with E-state index in [1.54, 1.807) is 36.4 Å². The summed E-state index contributed by atoms with van der Waals surface area (Å²) in [6.45, 7) is 3.51. The number of aryl methyl sites for hydroxylation is 1. The molecule has 0 atom stereocenters. The fourth-order valence-corrected chi connectivity index (χ4v) is 8.65. The van der Waals surface area contributed by atoms with Gasteiger partial charge in [0.05, 0.1) is 23.3 Å². The van der Waals surface area contributed by atoms with Crippen LogP contribution in [0.25, 0.3) is 21.8 Å². The highest BCUT2D eigenvalue weighted by atomic mass is 16.7. The Morgan fingerprint density at radius 1 is 0.712 bits per heavy atom. The number of aromatic nitrogens is 1. The number of nitro benzene ring substituents is 1. The lowest BCUT2D eigenvalue weighted by Gasteiger charge is -2.26. The molecule has 1 heterocycles. The molecule has 0 amide bonds. The van der Waals surface area contributed by atoms with Crippen molar-refractivity contribution in [1.29, 1.82) is 0 Å². The Labute approximate surface area is 342 Å². The van der Waals surface area contributed by atoms with E-state index >= 15 is 0 Å². The lowest BCUT2D eigenvalue weighted by molar-refractivity contribution is -0.383. The minimum atomic E-state index is -0.623. The van der Waals surface area contributed by atoms with Crippen LogP contribution in [0.15, 0.2) is 95.2 Å². The summed E-state index contributed by atoms with van der Waals surface area (Å²) in [7, 11) is 0. The molecular formula is C47H48N4O8. The molecule has 2 aliphatic carbocycles. The molecule has 2 aliphatic rings. The first-order valence-corrected chi connectivity index (χ1v) is 20.6. The Morgan fingerprint density at radius 2 is 1.25 bits per heavy atom. The molecule has 12 nitrogen and oxygen atoms in total. The van der Waals surface area contributed by atoms with Crippen molar-refractivity contribution in [3.05, 3.63) is 123 Å². The SMILES string of the molecule is CCCc1cc(C(=O)/C(C)=N/OC(=O)Cc2ccccc2)cc2c3cc(C(=O)/C(=N/OC(=O)Cc4ccccc4)C4CCCC4)cc([N+](=O)[O-])c3n(C3CCCCC3)c12. The first-order chi connectivity index (χ1) is 28.6. The van der Waals surface area contributed by atoms with Gasteiger partial charge in [0.15, 0.2) is 0 Å². The van der Waals surface area contributed by atoms with E-state index in [4.69, 9.17) is 9.68 Å². The van der Waals surface area contributed by atoms with Gasteiger partial charge in [-0.05, 0) is 73.9 Å².